The summed E-state index contributed by atoms with van der Waals surface area (Å²) >= 11 is 0. The molecule has 0 aromatic heterocycles. The lowest BCUT2D eigenvalue weighted by atomic mass is 9.99. The summed E-state index contributed by atoms with van der Waals surface area (Å²) < 4.78 is 5.65. The van der Waals surface area contributed by atoms with Crippen molar-refractivity contribution < 1.29 is 9.84 Å². The Kier molecular flexibility index (Phi) is 3.53. The molecular formula is C10H20O2. The van der Waals surface area contributed by atoms with Gasteiger partial charge in [0.15, 0.2) is 6.29 Å². The molecule has 0 amide bonds. The fourth-order valence-electron chi connectivity index (χ4n) is 1.95. The van der Waals surface area contributed by atoms with Crippen LogP contribution >= 0.6 is 0 Å². The maximum atomic E-state index is 9.39. The van der Waals surface area contributed by atoms with Crippen molar-refractivity contribution in [3.05, 3.63) is 0 Å². The molecule has 0 spiro atoms. The Morgan fingerprint density at radius 2 is 1.92 bits per heavy atom. The van der Waals surface area contributed by atoms with E-state index in [1.165, 1.54) is 12.8 Å². The monoisotopic (exact) mass is 172 g/mol. The van der Waals surface area contributed by atoms with E-state index < -0.39 is 6.29 Å². The molecule has 0 bridgehead atoms. The molecule has 1 aliphatic rings. The molecule has 0 saturated heterocycles. The van der Waals surface area contributed by atoms with Crippen LogP contribution in [0.5, 0.6) is 0 Å². The Hall–Kier alpha value is -0.0800. The summed E-state index contributed by atoms with van der Waals surface area (Å²) in [6.07, 6.45) is 5.93. The number of rotatable bonds is 4. The minimum Gasteiger partial charge on any atom is -0.368 e. The van der Waals surface area contributed by atoms with Crippen molar-refractivity contribution in [3.63, 3.8) is 0 Å². The SMILES string of the molecule is CCC(O)OC1(CC)CCCC1. The van der Waals surface area contributed by atoms with Crippen LogP contribution in [-0.4, -0.2) is 17.0 Å². The zero-order chi connectivity index (χ0) is 9.03. The number of hydrogen-bond acceptors (Lipinski definition) is 2. The topological polar surface area (TPSA) is 29.5 Å². The largest absolute Gasteiger partial charge is 0.368 e. The highest BCUT2D eigenvalue weighted by atomic mass is 16.6. The van der Waals surface area contributed by atoms with Gasteiger partial charge in [-0.2, -0.15) is 0 Å². The van der Waals surface area contributed by atoms with Crippen molar-refractivity contribution in [1.82, 2.24) is 0 Å². The second-order valence-corrected chi connectivity index (χ2v) is 3.72. The van der Waals surface area contributed by atoms with Crippen molar-refractivity contribution in [2.75, 3.05) is 0 Å². The summed E-state index contributed by atoms with van der Waals surface area (Å²) in [7, 11) is 0. The van der Waals surface area contributed by atoms with Crippen LogP contribution in [0.3, 0.4) is 0 Å². The van der Waals surface area contributed by atoms with Crippen LogP contribution in [0.15, 0.2) is 0 Å². The van der Waals surface area contributed by atoms with Crippen LogP contribution in [0.4, 0.5) is 0 Å². The molecule has 1 N–H and O–H groups in total. The summed E-state index contributed by atoms with van der Waals surface area (Å²) in [5.74, 6) is 0. The Morgan fingerprint density at radius 3 is 2.33 bits per heavy atom. The molecule has 0 heterocycles. The Balaban J connectivity index is 2.43. The Labute approximate surface area is 74.9 Å². The Morgan fingerprint density at radius 1 is 1.33 bits per heavy atom. The van der Waals surface area contributed by atoms with Crippen molar-refractivity contribution in [1.29, 1.82) is 0 Å². The lowest BCUT2D eigenvalue weighted by molar-refractivity contribution is -0.185. The van der Waals surface area contributed by atoms with Crippen LogP contribution in [-0.2, 0) is 4.74 Å². The first-order chi connectivity index (χ1) is 5.72. The highest BCUT2D eigenvalue weighted by Crippen LogP contribution is 2.36. The molecule has 1 aliphatic carbocycles. The standard InChI is InChI=1S/C10H20O2/c1-3-9(11)12-10(4-2)7-5-6-8-10/h9,11H,3-8H2,1-2H3. The third-order valence-electron chi connectivity index (χ3n) is 2.89. The van der Waals surface area contributed by atoms with Gasteiger partial charge in [-0.3, -0.25) is 0 Å². The van der Waals surface area contributed by atoms with Crippen molar-refractivity contribution >= 4 is 0 Å². The van der Waals surface area contributed by atoms with Gasteiger partial charge in [0.2, 0.25) is 0 Å². The van der Waals surface area contributed by atoms with Gasteiger partial charge >= 0.3 is 0 Å². The first kappa shape index (κ1) is 10.0. The fourth-order valence-corrected chi connectivity index (χ4v) is 1.95. The maximum absolute atomic E-state index is 9.39. The third kappa shape index (κ3) is 2.20. The van der Waals surface area contributed by atoms with E-state index >= 15 is 0 Å². The van der Waals surface area contributed by atoms with E-state index in [1.54, 1.807) is 0 Å². The number of hydrogen-bond donors (Lipinski definition) is 1. The van der Waals surface area contributed by atoms with Gasteiger partial charge in [-0.1, -0.05) is 26.7 Å². The van der Waals surface area contributed by atoms with E-state index in [1.807, 2.05) is 6.92 Å². The normalized spacial score (nSPS) is 24.2. The van der Waals surface area contributed by atoms with Gasteiger partial charge in [-0.05, 0) is 25.7 Å². The predicted molar refractivity (Wildman–Crippen MR) is 48.9 cm³/mol. The van der Waals surface area contributed by atoms with Crippen molar-refractivity contribution in [3.8, 4) is 0 Å². The minimum absolute atomic E-state index is 0.00935. The number of aliphatic hydroxyl groups is 1. The predicted octanol–water partition coefficient (Wildman–Crippen LogP) is 2.45. The summed E-state index contributed by atoms with van der Waals surface area (Å²) in [5, 5.41) is 9.39. The average molecular weight is 172 g/mol. The van der Waals surface area contributed by atoms with E-state index in [2.05, 4.69) is 6.92 Å². The van der Waals surface area contributed by atoms with Crippen LogP contribution in [0, 0.1) is 0 Å². The molecule has 1 atom stereocenters. The van der Waals surface area contributed by atoms with Crippen LogP contribution in [0.2, 0.25) is 0 Å². The van der Waals surface area contributed by atoms with Gasteiger partial charge in [-0.25, -0.2) is 0 Å². The molecule has 0 radical (unpaired) electrons. The van der Waals surface area contributed by atoms with Gasteiger partial charge in [0.25, 0.3) is 0 Å². The number of aliphatic hydroxyl groups excluding tert-OH is 1. The second kappa shape index (κ2) is 4.24. The van der Waals surface area contributed by atoms with E-state index in [0.717, 1.165) is 19.3 Å². The molecule has 72 valence electrons. The van der Waals surface area contributed by atoms with Crippen LogP contribution in [0.1, 0.15) is 52.4 Å². The van der Waals surface area contributed by atoms with Crippen molar-refractivity contribution in [2.24, 2.45) is 0 Å². The number of ether oxygens (including phenoxy) is 1. The summed E-state index contributed by atoms with van der Waals surface area (Å²) in [6.45, 7) is 4.09. The van der Waals surface area contributed by atoms with Gasteiger partial charge in [0.1, 0.15) is 0 Å². The van der Waals surface area contributed by atoms with Gasteiger partial charge in [-0.15, -0.1) is 0 Å². The molecule has 1 rings (SSSR count). The van der Waals surface area contributed by atoms with E-state index in [4.69, 9.17) is 4.74 Å². The smallest absolute Gasteiger partial charge is 0.155 e. The second-order valence-electron chi connectivity index (χ2n) is 3.72. The molecule has 0 aromatic rings. The third-order valence-corrected chi connectivity index (χ3v) is 2.89. The minimum atomic E-state index is -0.553. The molecule has 0 aliphatic heterocycles. The highest BCUT2D eigenvalue weighted by Gasteiger charge is 2.34. The molecule has 2 nitrogen and oxygen atoms in total. The molecular weight excluding hydrogens is 152 g/mol. The highest BCUT2D eigenvalue weighted by molar-refractivity contribution is 4.85. The van der Waals surface area contributed by atoms with E-state index in [0.29, 0.717) is 6.42 Å². The zero-order valence-electron chi connectivity index (χ0n) is 8.18. The quantitative estimate of drug-likeness (QED) is 0.660. The van der Waals surface area contributed by atoms with E-state index in [-0.39, 0.29) is 5.60 Å². The molecule has 12 heavy (non-hydrogen) atoms. The molecule has 1 fully saturated rings. The summed E-state index contributed by atoms with van der Waals surface area (Å²) in [6, 6.07) is 0. The van der Waals surface area contributed by atoms with Gasteiger partial charge < -0.3 is 9.84 Å². The molecule has 2 heteroatoms. The summed E-state index contributed by atoms with van der Waals surface area (Å²) in [4.78, 5) is 0. The maximum Gasteiger partial charge on any atom is 0.155 e. The Bertz CT molecular complexity index is 128. The molecule has 1 unspecified atom stereocenters. The first-order valence-electron chi connectivity index (χ1n) is 5.08. The lowest BCUT2D eigenvalue weighted by Crippen LogP contribution is -2.33. The van der Waals surface area contributed by atoms with Crippen LogP contribution < -0.4 is 0 Å². The lowest BCUT2D eigenvalue weighted by Gasteiger charge is -2.30. The zero-order valence-corrected chi connectivity index (χ0v) is 8.18. The summed E-state index contributed by atoms with van der Waals surface area (Å²) in [5.41, 5.74) is 0.00935. The van der Waals surface area contributed by atoms with Gasteiger partial charge in [0, 0.05) is 0 Å². The molecule has 0 aromatic carbocycles. The first-order valence-corrected chi connectivity index (χ1v) is 5.08. The van der Waals surface area contributed by atoms with Crippen molar-refractivity contribution in [2.45, 2.75) is 64.3 Å². The van der Waals surface area contributed by atoms with Gasteiger partial charge in [0.05, 0.1) is 5.60 Å². The fraction of sp³-hybridized carbons (Fsp3) is 1.00. The van der Waals surface area contributed by atoms with Crippen LogP contribution in [0.25, 0.3) is 0 Å². The molecule has 1 saturated carbocycles. The average Bonchev–Trinajstić information content (AvgIpc) is 2.54. The van der Waals surface area contributed by atoms with E-state index in [9.17, 15) is 5.11 Å².